The summed E-state index contributed by atoms with van der Waals surface area (Å²) in [5, 5.41) is 14.8. The van der Waals surface area contributed by atoms with E-state index in [2.05, 4.69) is 267 Å². The smallest absolute Gasteiger partial charge is 0.135 e. The molecule has 14 aromatic carbocycles. The molecule has 376 valence electrons. The maximum Gasteiger partial charge on any atom is 0.135 e. The molecule has 0 aliphatic carbocycles. The summed E-state index contributed by atoms with van der Waals surface area (Å²) in [7, 11) is 1.25. The predicted molar refractivity (Wildman–Crippen MR) is 341 cm³/mol. The van der Waals surface area contributed by atoms with Crippen molar-refractivity contribution in [2.45, 2.75) is 7.40 Å². The van der Waals surface area contributed by atoms with Crippen molar-refractivity contribution in [3.63, 3.8) is 0 Å². The van der Waals surface area contributed by atoms with Crippen LogP contribution in [0.4, 0.5) is 0 Å². The van der Waals surface area contributed by atoms with Crippen LogP contribution in [0.1, 0.15) is 14.7 Å². The molecule has 0 saturated carbocycles. The molecule has 2 heteroatoms. The number of hydrogen-bond donors (Lipinski definition) is 0. The van der Waals surface area contributed by atoms with Crippen LogP contribution in [-0.2, 0) is 0 Å². The Hall–Kier alpha value is -10.3. The van der Waals surface area contributed by atoms with E-state index in [9.17, 15) is 0 Å². The molecular formula is C77H56O2. The highest BCUT2D eigenvalue weighted by molar-refractivity contribution is 6.23. The van der Waals surface area contributed by atoms with Gasteiger partial charge in [0.05, 0.1) is 0 Å². The number of rotatable bonds is 6. The molecule has 0 spiro atoms. The summed E-state index contributed by atoms with van der Waals surface area (Å²) >= 11 is 0. The molecule has 2 nitrogen and oxygen atoms in total. The lowest BCUT2D eigenvalue weighted by Gasteiger charge is -2.18. The van der Waals surface area contributed by atoms with Gasteiger partial charge in [-0.25, -0.2) is 0 Å². The molecule has 0 aliphatic heterocycles. The highest BCUT2D eigenvalue weighted by atomic mass is 16.3. The van der Waals surface area contributed by atoms with E-state index in [1.54, 1.807) is 0 Å². The fraction of sp³-hybridized carbons (Fsp3) is 0.0130. The van der Waals surface area contributed by atoms with Crippen molar-refractivity contribution in [2.75, 3.05) is 0 Å². The van der Waals surface area contributed by atoms with Gasteiger partial charge in [0, 0.05) is 28.9 Å². The van der Waals surface area contributed by atoms with Crippen molar-refractivity contribution in [2.24, 2.45) is 0 Å². The zero-order valence-electron chi connectivity index (χ0n) is 48.5. The Labute approximate surface area is 466 Å². The number of fused-ring (bicyclic) bond motifs is 10. The van der Waals surface area contributed by atoms with Gasteiger partial charge in [0.15, 0.2) is 0 Å². The van der Waals surface area contributed by atoms with E-state index in [0.29, 0.717) is 0 Å². The monoisotopic (exact) mass is 1020 g/mol. The average molecular weight is 1020 g/mol. The van der Waals surface area contributed by atoms with E-state index in [4.69, 9.17) is 16.1 Å². The minimum Gasteiger partial charge on any atom is -0.456 e. The van der Waals surface area contributed by atoms with E-state index in [-0.39, 0.29) is 0 Å². The zero-order chi connectivity index (χ0) is 57.5. The quantitative estimate of drug-likeness (QED) is 0.155. The van der Waals surface area contributed by atoms with E-state index in [0.717, 1.165) is 43.9 Å². The molecule has 16 rings (SSSR count). The SMILES string of the molecule is [2H]C.[2H][2H].[2H][2H].c1ccc(-c2c3ccccc3c(-c3ccc(-c4ccc5oc6ccccc6c5c4)cc3)c3ccccc23)cc1.c1ccc(-c2c3ccccc3c(-c3ccc(-c4ccc5oc6ccccc6c5c4)cc3)c3ccccc23)cc1. The van der Waals surface area contributed by atoms with Crippen molar-refractivity contribution in [1.29, 1.82) is 0 Å². The minimum absolute atomic E-state index is 0.924. The first-order valence-corrected chi connectivity index (χ1v) is 26.7. The van der Waals surface area contributed by atoms with Gasteiger partial charge < -0.3 is 8.83 Å². The first-order valence-electron chi connectivity index (χ1n) is 29.7. The first kappa shape index (κ1) is 43.9. The van der Waals surface area contributed by atoms with E-state index < -0.39 is 0 Å². The fourth-order valence-electron chi connectivity index (χ4n) is 12.2. The molecule has 0 unspecified atom stereocenters. The van der Waals surface area contributed by atoms with E-state index >= 15 is 0 Å². The van der Waals surface area contributed by atoms with Gasteiger partial charge in [0.25, 0.3) is 0 Å². The van der Waals surface area contributed by atoms with Crippen molar-refractivity contribution in [1.82, 2.24) is 0 Å². The van der Waals surface area contributed by atoms with Crippen LogP contribution >= 0.6 is 0 Å². The Kier molecular flexibility index (Phi) is 10.9. The van der Waals surface area contributed by atoms with Crippen LogP contribution in [0.15, 0.2) is 300 Å². The Morgan fingerprint density at radius 3 is 0.722 bits per heavy atom. The van der Waals surface area contributed by atoms with E-state index in [1.807, 2.05) is 24.3 Å². The summed E-state index contributed by atoms with van der Waals surface area (Å²) in [5.41, 5.74) is 18.6. The van der Waals surface area contributed by atoms with Crippen LogP contribution in [0, 0.1) is 0 Å². The molecule has 0 N–H and O–H groups in total. The molecule has 0 atom stereocenters. The van der Waals surface area contributed by atoms with Gasteiger partial charge in [0.1, 0.15) is 22.3 Å². The van der Waals surface area contributed by atoms with Crippen molar-refractivity contribution >= 4 is 87.0 Å². The summed E-state index contributed by atoms with van der Waals surface area (Å²) in [6.45, 7) is 0. The van der Waals surface area contributed by atoms with Crippen molar-refractivity contribution in [3.05, 3.63) is 291 Å². The highest BCUT2D eigenvalue weighted by Gasteiger charge is 2.19. The van der Waals surface area contributed by atoms with Crippen LogP contribution in [-0.4, -0.2) is 0 Å². The van der Waals surface area contributed by atoms with Crippen LogP contribution in [0.5, 0.6) is 0 Å². The zero-order valence-corrected chi connectivity index (χ0v) is 43.5. The van der Waals surface area contributed by atoms with Crippen LogP contribution in [0.25, 0.3) is 154 Å². The van der Waals surface area contributed by atoms with Gasteiger partial charge >= 0.3 is 0 Å². The molecule has 79 heavy (non-hydrogen) atoms. The highest BCUT2D eigenvalue weighted by Crippen LogP contribution is 2.46. The molecular weight excluding hydrogens is 957 g/mol. The topological polar surface area (TPSA) is 26.3 Å². The summed E-state index contributed by atoms with van der Waals surface area (Å²) in [6.07, 6.45) is 0. The second kappa shape index (κ2) is 19.7. The maximum absolute atomic E-state index is 6.04. The molecule has 0 bridgehead atoms. The summed E-state index contributed by atoms with van der Waals surface area (Å²) < 4.78 is 37.8. The van der Waals surface area contributed by atoms with Crippen LogP contribution < -0.4 is 0 Å². The molecule has 0 amide bonds. The third-order valence-corrected chi connectivity index (χ3v) is 15.8. The third-order valence-electron chi connectivity index (χ3n) is 15.8. The Bertz CT molecular complexity index is 4530. The number of benzene rings is 14. The molecule has 0 radical (unpaired) electrons. The lowest BCUT2D eigenvalue weighted by Crippen LogP contribution is -1.90. The largest absolute Gasteiger partial charge is 0.456 e. The second-order valence-corrected chi connectivity index (χ2v) is 20.2. The molecule has 0 aliphatic rings. The minimum atomic E-state index is 0.924. The molecule has 0 fully saturated rings. The lowest BCUT2D eigenvalue weighted by molar-refractivity contribution is 0.668. The molecule has 2 heterocycles. The van der Waals surface area contributed by atoms with E-state index in [1.165, 1.54) is 117 Å². The standard InChI is InChI=1S/2C38H24O.CH4.2H2/c2*1-2-10-26(11-3-1)37-30-13-4-6-15-32(30)38(33-16-7-5-14-31(33)37)27-20-18-25(19-21-27)28-22-23-36-34(24-28)29-12-8-9-17-35(29)39-36;;;/h2*1-24H;1H4;2*1H/i;;1D;2*1+1D. The van der Waals surface area contributed by atoms with Gasteiger partial charge in [-0.05, 0) is 146 Å². The van der Waals surface area contributed by atoms with Crippen molar-refractivity contribution in [3.8, 4) is 66.8 Å². The predicted octanol–water partition coefficient (Wildman–Crippen LogP) is 22.9. The average Bonchev–Trinajstić information content (AvgIpc) is 2.16. The second-order valence-electron chi connectivity index (χ2n) is 20.2. The third kappa shape index (κ3) is 8.13. The Balaban J connectivity index is 0.000000152. The van der Waals surface area contributed by atoms with Gasteiger partial charge in [0.2, 0.25) is 0 Å². The summed E-state index contributed by atoms with van der Waals surface area (Å²) in [5.74, 6) is 0. The maximum atomic E-state index is 6.04. The Morgan fingerprint density at radius 2 is 0.418 bits per heavy atom. The van der Waals surface area contributed by atoms with Gasteiger partial charge in [-0.15, -0.1) is 0 Å². The van der Waals surface area contributed by atoms with Gasteiger partial charge in [-0.3, -0.25) is 0 Å². The first-order chi connectivity index (χ1) is 41.7. The summed E-state index contributed by atoms with van der Waals surface area (Å²) in [4.78, 5) is 0. The van der Waals surface area contributed by atoms with Crippen LogP contribution in [0.3, 0.4) is 0 Å². The molecule has 2 aromatic heterocycles. The number of hydrogen-bond acceptors (Lipinski definition) is 2. The Morgan fingerprint density at radius 1 is 0.203 bits per heavy atom. The number of para-hydroxylation sites is 2. The fourth-order valence-corrected chi connectivity index (χ4v) is 12.2. The molecule has 16 aromatic rings. The van der Waals surface area contributed by atoms with Crippen molar-refractivity contribution < 1.29 is 16.1 Å². The van der Waals surface area contributed by atoms with Gasteiger partial charge in [-0.1, -0.05) is 262 Å². The lowest BCUT2D eigenvalue weighted by atomic mass is 9.86. The molecule has 0 saturated heterocycles. The normalized spacial score (nSPS) is 11.7. The number of furan rings is 2. The van der Waals surface area contributed by atoms with Crippen LogP contribution in [0.2, 0.25) is 0 Å². The summed E-state index contributed by atoms with van der Waals surface area (Å²) in [6, 6.07) is 104. The van der Waals surface area contributed by atoms with Gasteiger partial charge in [-0.2, -0.15) is 0 Å².